The predicted molar refractivity (Wildman–Crippen MR) is 86.2 cm³/mol. The lowest BCUT2D eigenvalue weighted by Gasteiger charge is -2.14. The molecule has 2 rings (SSSR count). The summed E-state index contributed by atoms with van der Waals surface area (Å²) in [6.45, 7) is 0. The number of benzene rings is 2. The fourth-order valence-electron chi connectivity index (χ4n) is 1.85. The maximum atomic E-state index is 6.20. The van der Waals surface area contributed by atoms with Crippen LogP contribution in [0, 0.1) is 0 Å². The van der Waals surface area contributed by atoms with Gasteiger partial charge in [0.05, 0.1) is 10.0 Å². The first kappa shape index (κ1) is 15.1. The Labute approximate surface area is 135 Å². The molecule has 0 aliphatic rings. The van der Waals surface area contributed by atoms with Crippen LogP contribution in [0.4, 0.5) is 0 Å². The van der Waals surface area contributed by atoms with Crippen molar-refractivity contribution in [1.82, 2.24) is 0 Å². The number of rotatable bonds is 3. The van der Waals surface area contributed by atoms with Crippen LogP contribution in [0.1, 0.15) is 17.2 Å². The number of hydrogen-bond acceptors (Lipinski definition) is 1. The molecular formula is C14H11BrCl3N. The summed E-state index contributed by atoms with van der Waals surface area (Å²) in [5.41, 5.74) is 8.09. The molecule has 0 aliphatic carbocycles. The topological polar surface area (TPSA) is 26.0 Å². The highest BCUT2D eigenvalue weighted by atomic mass is 79.9. The van der Waals surface area contributed by atoms with Crippen molar-refractivity contribution in [2.45, 2.75) is 12.5 Å². The van der Waals surface area contributed by atoms with Gasteiger partial charge in [0.15, 0.2) is 0 Å². The van der Waals surface area contributed by atoms with Gasteiger partial charge in [-0.3, -0.25) is 0 Å². The van der Waals surface area contributed by atoms with E-state index < -0.39 is 0 Å². The van der Waals surface area contributed by atoms with Gasteiger partial charge in [0.25, 0.3) is 0 Å². The molecule has 1 atom stereocenters. The van der Waals surface area contributed by atoms with Gasteiger partial charge >= 0.3 is 0 Å². The highest BCUT2D eigenvalue weighted by Gasteiger charge is 2.12. The van der Waals surface area contributed by atoms with Crippen LogP contribution in [0.3, 0.4) is 0 Å². The van der Waals surface area contributed by atoms with E-state index in [1.54, 1.807) is 6.07 Å². The smallest absolute Gasteiger partial charge is 0.0624 e. The van der Waals surface area contributed by atoms with Gasteiger partial charge in [0.1, 0.15) is 0 Å². The van der Waals surface area contributed by atoms with Gasteiger partial charge in [-0.15, -0.1) is 0 Å². The Morgan fingerprint density at radius 2 is 1.84 bits per heavy atom. The molecule has 5 heteroatoms. The van der Waals surface area contributed by atoms with Gasteiger partial charge in [-0.25, -0.2) is 0 Å². The second-order valence-electron chi connectivity index (χ2n) is 4.23. The van der Waals surface area contributed by atoms with Gasteiger partial charge in [-0.05, 0) is 41.8 Å². The number of halogens is 4. The van der Waals surface area contributed by atoms with E-state index in [0.29, 0.717) is 21.5 Å². The highest BCUT2D eigenvalue weighted by molar-refractivity contribution is 9.10. The minimum Gasteiger partial charge on any atom is -0.324 e. The monoisotopic (exact) mass is 377 g/mol. The van der Waals surface area contributed by atoms with Gasteiger partial charge in [0.2, 0.25) is 0 Å². The van der Waals surface area contributed by atoms with Crippen LogP contribution in [-0.4, -0.2) is 0 Å². The number of hydrogen-bond donors (Lipinski definition) is 1. The van der Waals surface area contributed by atoms with E-state index in [-0.39, 0.29) is 6.04 Å². The van der Waals surface area contributed by atoms with Gasteiger partial charge in [-0.2, -0.15) is 0 Å². The van der Waals surface area contributed by atoms with Crippen molar-refractivity contribution in [2.75, 3.05) is 0 Å². The summed E-state index contributed by atoms with van der Waals surface area (Å²) in [7, 11) is 0. The summed E-state index contributed by atoms with van der Waals surface area (Å²) >= 11 is 21.6. The zero-order valence-electron chi connectivity index (χ0n) is 9.84. The standard InChI is InChI=1S/C14H11BrCl3N/c15-10-4-9(5-11(16)7-10)13(19)6-8-2-1-3-12(17)14(8)18/h1-5,7,13H,6,19H2. The Hall–Kier alpha value is -0.250. The zero-order valence-corrected chi connectivity index (χ0v) is 13.7. The van der Waals surface area contributed by atoms with Crippen LogP contribution in [0.5, 0.6) is 0 Å². The lowest BCUT2D eigenvalue weighted by Crippen LogP contribution is -2.13. The normalized spacial score (nSPS) is 12.5. The summed E-state index contributed by atoms with van der Waals surface area (Å²) < 4.78 is 0.905. The summed E-state index contributed by atoms with van der Waals surface area (Å²) in [6, 6.07) is 11.0. The highest BCUT2D eigenvalue weighted by Crippen LogP contribution is 2.30. The van der Waals surface area contributed by atoms with Crippen molar-refractivity contribution >= 4 is 50.7 Å². The minimum atomic E-state index is -0.189. The van der Waals surface area contributed by atoms with E-state index in [1.807, 2.05) is 30.3 Å². The van der Waals surface area contributed by atoms with Crippen molar-refractivity contribution < 1.29 is 0 Å². The molecule has 2 aromatic carbocycles. The maximum absolute atomic E-state index is 6.20. The SMILES string of the molecule is NC(Cc1cccc(Cl)c1Cl)c1cc(Cl)cc(Br)c1. The predicted octanol–water partition coefficient (Wildman–Crippen LogP) is 5.65. The third kappa shape index (κ3) is 3.87. The van der Waals surface area contributed by atoms with Crippen LogP contribution in [0.25, 0.3) is 0 Å². The van der Waals surface area contributed by atoms with Crippen molar-refractivity contribution in [3.63, 3.8) is 0 Å². The van der Waals surface area contributed by atoms with E-state index >= 15 is 0 Å². The lowest BCUT2D eigenvalue weighted by molar-refractivity contribution is 0.721. The third-order valence-electron chi connectivity index (χ3n) is 2.78. The Bertz CT molecular complexity index is 581. The second kappa shape index (κ2) is 6.47. The van der Waals surface area contributed by atoms with Gasteiger partial charge in [0, 0.05) is 15.5 Å². The zero-order chi connectivity index (χ0) is 14.0. The maximum Gasteiger partial charge on any atom is 0.0624 e. The Morgan fingerprint density at radius 1 is 1.11 bits per heavy atom. The summed E-state index contributed by atoms with van der Waals surface area (Å²) in [5, 5.41) is 1.75. The molecule has 1 nitrogen and oxygen atoms in total. The van der Waals surface area contributed by atoms with Crippen LogP contribution in [0.2, 0.25) is 15.1 Å². The van der Waals surface area contributed by atoms with Gasteiger partial charge in [-0.1, -0.05) is 62.9 Å². The molecule has 0 saturated carbocycles. The van der Waals surface area contributed by atoms with E-state index in [9.17, 15) is 0 Å². The molecule has 0 fully saturated rings. The molecule has 0 saturated heterocycles. The molecule has 2 aromatic rings. The molecule has 0 radical (unpaired) electrons. The van der Waals surface area contributed by atoms with Gasteiger partial charge < -0.3 is 5.73 Å². The molecule has 19 heavy (non-hydrogen) atoms. The average Bonchev–Trinajstić information content (AvgIpc) is 2.33. The third-order valence-corrected chi connectivity index (χ3v) is 4.32. The largest absolute Gasteiger partial charge is 0.324 e. The summed E-state index contributed by atoms with van der Waals surface area (Å²) in [5.74, 6) is 0. The average molecular weight is 380 g/mol. The first-order valence-corrected chi connectivity index (χ1v) is 7.54. The molecule has 0 amide bonds. The van der Waals surface area contributed by atoms with Crippen LogP contribution < -0.4 is 5.73 Å². The molecule has 0 aliphatic heterocycles. The van der Waals surface area contributed by atoms with Crippen LogP contribution in [0.15, 0.2) is 40.9 Å². The van der Waals surface area contributed by atoms with Crippen molar-refractivity contribution in [1.29, 1.82) is 0 Å². The molecular weight excluding hydrogens is 368 g/mol. The van der Waals surface area contributed by atoms with Crippen LogP contribution in [-0.2, 0) is 6.42 Å². The van der Waals surface area contributed by atoms with E-state index in [4.69, 9.17) is 40.5 Å². The lowest BCUT2D eigenvalue weighted by atomic mass is 10.00. The molecule has 0 spiro atoms. The first-order chi connectivity index (χ1) is 8.97. The fourth-order valence-corrected chi connectivity index (χ4v) is 3.13. The summed E-state index contributed by atoms with van der Waals surface area (Å²) in [4.78, 5) is 0. The fraction of sp³-hybridized carbons (Fsp3) is 0.143. The summed E-state index contributed by atoms with van der Waals surface area (Å²) in [6.07, 6.45) is 0.603. The van der Waals surface area contributed by atoms with Crippen molar-refractivity contribution in [2.24, 2.45) is 5.73 Å². The molecule has 0 aromatic heterocycles. The quantitative estimate of drug-likeness (QED) is 0.732. The molecule has 100 valence electrons. The first-order valence-electron chi connectivity index (χ1n) is 5.62. The second-order valence-corrected chi connectivity index (χ2v) is 6.36. The molecule has 0 heterocycles. The Kier molecular flexibility index (Phi) is 5.15. The van der Waals surface area contributed by atoms with E-state index in [0.717, 1.165) is 15.6 Å². The molecule has 2 N–H and O–H groups in total. The van der Waals surface area contributed by atoms with Crippen molar-refractivity contribution in [3.8, 4) is 0 Å². The Morgan fingerprint density at radius 3 is 2.53 bits per heavy atom. The Balaban J connectivity index is 2.25. The molecule has 0 bridgehead atoms. The molecule has 1 unspecified atom stereocenters. The number of nitrogens with two attached hydrogens (primary N) is 1. The van der Waals surface area contributed by atoms with Crippen molar-refractivity contribution in [3.05, 3.63) is 67.1 Å². The van der Waals surface area contributed by atoms with E-state index in [2.05, 4.69) is 15.9 Å². The minimum absolute atomic E-state index is 0.189. The van der Waals surface area contributed by atoms with Crippen LogP contribution >= 0.6 is 50.7 Å². The van der Waals surface area contributed by atoms with E-state index in [1.165, 1.54) is 0 Å².